The van der Waals surface area contributed by atoms with Gasteiger partial charge in [-0.1, -0.05) is 12.1 Å². The van der Waals surface area contributed by atoms with Crippen LogP contribution in [0.25, 0.3) is 11.2 Å². The van der Waals surface area contributed by atoms with Crippen molar-refractivity contribution in [3.05, 3.63) is 36.9 Å². The molecule has 26 heavy (non-hydrogen) atoms. The third-order valence-corrected chi connectivity index (χ3v) is 3.46. The number of urea groups is 1. The first-order valence-electron chi connectivity index (χ1n) is 7.15. The molecule has 0 saturated carbocycles. The Hall–Kier alpha value is -3.57. The van der Waals surface area contributed by atoms with Gasteiger partial charge in [0.2, 0.25) is 0 Å². The van der Waals surface area contributed by atoms with Crippen LogP contribution < -0.4 is 20.1 Å². The maximum absolute atomic E-state index is 13.5. The highest BCUT2D eigenvalue weighted by Gasteiger charge is 2.65. The maximum Gasteiger partial charge on any atom is 0.492 e. The van der Waals surface area contributed by atoms with E-state index in [1.807, 2.05) is 0 Å². The fourth-order valence-electron chi connectivity index (χ4n) is 2.34. The van der Waals surface area contributed by atoms with Crippen molar-refractivity contribution in [3.63, 3.8) is 0 Å². The molecule has 0 unspecified atom stereocenters. The van der Waals surface area contributed by atoms with Crippen molar-refractivity contribution in [2.45, 2.75) is 12.1 Å². The number of imidazole rings is 1. The summed E-state index contributed by atoms with van der Waals surface area (Å²) in [5, 5.41) is 3.86. The molecule has 12 heteroatoms. The minimum absolute atomic E-state index is 0.0576. The molecule has 2 aromatic heterocycles. The first kappa shape index (κ1) is 15.9. The number of halogens is 3. The highest BCUT2D eigenvalue weighted by molar-refractivity contribution is 5.95. The number of anilines is 1. The summed E-state index contributed by atoms with van der Waals surface area (Å²) < 4.78 is 50.4. The van der Waals surface area contributed by atoms with Crippen LogP contribution in [0.2, 0.25) is 0 Å². The number of rotatable bonds is 2. The first-order chi connectivity index (χ1) is 12.4. The zero-order chi connectivity index (χ0) is 18.4. The van der Waals surface area contributed by atoms with Crippen LogP contribution in [-0.4, -0.2) is 38.1 Å². The summed E-state index contributed by atoms with van der Waals surface area (Å²) >= 11 is 0. The van der Waals surface area contributed by atoms with Gasteiger partial charge in [-0.2, -0.15) is 13.2 Å². The third kappa shape index (κ3) is 2.51. The third-order valence-electron chi connectivity index (χ3n) is 3.46. The van der Waals surface area contributed by atoms with E-state index >= 15 is 0 Å². The summed E-state index contributed by atoms with van der Waals surface area (Å²) in [7, 11) is 0. The number of hydrogen-bond donors (Lipinski definition) is 3. The van der Waals surface area contributed by atoms with E-state index in [2.05, 4.69) is 25.3 Å². The van der Waals surface area contributed by atoms with E-state index in [1.54, 1.807) is 5.32 Å². The van der Waals surface area contributed by atoms with Crippen molar-refractivity contribution in [1.29, 1.82) is 0 Å². The van der Waals surface area contributed by atoms with Crippen LogP contribution in [0.15, 0.2) is 36.9 Å². The fraction of sp³-hybridized carbons (Fsp3) is 0.143. The summed E-state index contributed by atoms with van der Waals surface area (Å²) in [6.07, 6.45) is -2.64. The normalized spacial score (nSPS) is 15.0. The van der Waals surface area contributed by atoms with E-state index in [4.69, 9.17) is 9.47 Å². The van der Waals surface area contributed by atoms with Crippen LogP contribution >= 0.6 is 0 Å². The molecule has 134 valence electrons. The van der Waals surface area contributed by atoms with Gasteiger partial charge < -0.3 is 14.5 Å². The number of para-hydroxylation sites is 2. The van der Waals surface area contributed by atoms with Gasteiger partial charge in [-0.05, 0) is 12.1 Å². The van der Waals surface area contributed by atoms with E-state index in [0.29, 0.717) is 0 Å². The molecule has 3 N–H and O–H groups in total. The van der Waals surface area contributed by atoms with Gasteiger partial charge >= 0.3 is 18.1 Å². The molecular weight excluding hydrogens is 357 g/mol. The van der Waals surface area contributed by atoms with Crippen molar-refractivity contribution in [1.82, 2.24) is 25.3 Å². The molecule has 1 aromatic carbocycles. The number of carbonyl (C=O) groups excluding carboxylic acids is 1. The zero-order valence-corrected chi connectivity index (χ0v) is 12.7. The predicted octanol–water partition coefficient (Wildman–Crippen LogP) is 2.16. The average molecular weight is 366 g/mol. The van der Waals surface area contributed by atoms with E-state index in [-0.39, 0.29) is 28.5 Å². The predicted molar refractivity (Wildman–Crippen MR) is 80.3 cm³/mol. The Bertz CT molecular complexity index is 964. The number of carbonyl (C=O) groups is 1. The molecule has 0 atom stereocenters. The van der Waals surface area contributed by atoms with Gasteiger partial charge in [-0.25, -0.2) is 19.7 Å². The van der Waals surface area contributed by atoms with Crippen LogP contribution in [0, 0.1) is 0 Å². The summed E-state index contributed by atoms with van der Waals surface area (Å²) in [5.41, 5.74) is 0.488. The van der Waals surface area contributed by atoms with Crippen molar-refractivity contribution < 1.29 is 27.4 Å². The minimum atomic E-state index is -5.06. The Kier molecular flexibility index (Phi) is 3.35. The van der Waals surface area contributed by atoms with Gasteiger partial charge in [0, 0.05) is 0 Å². The van der Waals surface area contributed by atoms with Crippen molar-refractivity contribution in [3.8, 4) is 11.5 Å². The number of benzene rings is 1. The number of aromatic nitrogens is 4. The number of hydrogen-bond acceptors (Lipinski definition) is 6. The number of ether oxygens (including phenoxy) is 2. The second-order valence-electron chi connectivity index (χ2n) is 5.17. The second-order valence-corrected chi connectivity index (χ2v) is 5.17. The standard InChI is InChI=1S/C14H9F3N6O3/c15-13(16,17)14(25-7-3-1-2-4-8(7)26-14)23-12(24)22-11-9-10(19-5-18-9)20-6-21-11/h1-6H,(H3,18,19,20,21,22,23,24). The van der Waals surface area contributed by atoms with Crippen LogP contribution in [0.3, 0.4) is 0 Å². The van der Waals surface area contributed by atoms with E-state index < -0.39 is 18.1 Å². The Morgan fingerprint density at radius 1 is 1.12 bits per heavy atom. The molecule has 1 aliphatic heterocycles. The van der Waals surface area contributed by atoms with Crippen molar-refractivity contribution in [2.24, 2.45) is 0 Å². The van der Waals surface area contributed by atoms with Crippen LogP contribution in [-0.2, 0) is 0 Å². The Balaban J connectivity index is 1.59. The van der Waals surface area contributed by atoms with E-state index in [0.717, 1.165) is 6.33 Å². The lowest BCUT2D eigenvalue weighted by molar-refractivity contribution is -0.317. The smallest absolute Gasteiger partial charge is 0.424 e. The van der Waals surface area contributed by atoms with Gasteiger partial charge in [-0.15, -0.1) is 0 Å². The zero-order valence-electron chi connectivity index (χ0n) is 12.7. The molecule has 1 aliphatic rings. The number of alkyl halides is 3. The molecule has 3 aromatic rings. The van der Waals surface area contributed by atoms with Crippen LogP contribution in [0.5, 0.6) is 11.5 Å². The first-order valence-corrected chi connectivity index (χ1v) is 7.15. The second kappa shape index (κ2) is 5.47. The highest BCUT2D eigenvalue weighted by atomic mass is 19.4. The quantitative estimate of drug-likeness (QED) is 0.640. The van der Waals surface area contributed by atoms with Gasteiger partial charge in [0.1, 0.15) is 11.8 Å². The summed E-state index contributed by atoms with van der Waals surface area (Å²) in [6, 6.07) is 4.29. The lowest BCUT2D eigenvalue weighted by atomic mass is 10.3. The Morgan fingerprint density at radius 2 is 1.81 bits per heavy atom. The fourth-order valence-corrected chi connectivity index (χ4v) is 2.34. The molecular formula is C14H9F3N6O3. The molecule has 9 nitrogen and oxygen atoms in total. The average Bonchev–Trinajstić information content (AvgIpc) is 3.18. The van der Waals surface area contributed by atoms with Crippen molar-refractivity contribution in [2.75, 3.05) is 5.32 Å². The molecule has 3 heterocycles. The topological polar surface area (TPSA) is 114 Å². The van der Waals surface area contributed by atoms with Crippen molar-refractivity contribution >= 4 is 23.0 Å². The molecule has 4 rings (SSSR count). The van der Waals surface area contributed by atoms with E-state index in [9.17, 15) is 18.0 Å². The number of fused-ring (bicyclic) bond motifs is 2. The Labute approximate surface area is 142 Å². The number of nitrogens with one attached hydrogen (secondary N) is 3. The Morgan fingerprint density at radius 3 is 2.46 bits per heavy atom. The summed E-state index contributed by atoms with van der Waals surface area (Å²) in [4.78, 5) is 26.3. The summed E-state index contributed by atoms with van der Waals surface area (Å²) in [5.74, 6) is -3.72. The largest absolute Gasteiger partial charge is 0.492 e. The van der Waals surface area contributed by atoms with Gasteiger partial charge in [-0.3, -0.25) is 10.6 Å². The number of H-pyrrole nitrogens is 1. The molecule has 0 radical (unpaired) electrons. The molecule has 0 aliphatic carbocycles. The SMILES string of the molecule is O=C(Nc1ncnc2nc[nH]c12)NC1(C(F)(F)F)Oc2ccccc2O1. The lowest BCUT2D eigenvalue weighted by Gasteiger charge is -2.29. The molecule has 2 amide bonds. The number of aromatic amines is 1. The lowest BCUT2D eigenvalue weighted by Crippen LogP contribution is -2.65. The summed E-state index contributed by atoms with van der Waals surface area (Å²) in [6.45, 7) is 0. The van der Waals surface area contributed by atoms with Gasteiger partial charge in [0.15, 0.2) is 23.0 Å². The maximum atomic E-state index is 13.5. The molecule has 0 fully saturated rings. The monoisotopic (exact) mass is 366 g/mol. The molecule has 0 saturated heterocycles. The van der Waals surface area contributed by atoms with Gasteiger partial charge in [0.25, 0.3) is 0 Å². The molecule has 0 spiro atoms. The van der Waals surface area contributed by atoms with Gasteiger partial charge in [0.05, 0.1) is 6.33 Å². The van der Waals surface area contributed by atoms with E-state index in [1.165, 1.54) is 30.6 Å². The highest BCUT2D eigenvalue weighted by Crippen LogP contribution is 2.44. The molecule has 0 bridgehead atoms. The van der Waals surface area contributed by atoms with Crippen LogP contribution in [0.4, 0.5) is 23.8 Å². The van der Waals surface area contributed by atoms with Crippen LogP contribution in [0.1, 0.15) is 0 Å². The number of amides is 2. The number of nitrogens with zero attached hydrogens (tertiary/aromatic N) is 3. The minimum Gasteiger partial charge on any atom is -0.424 e.